The molecule has 1 aliphatic carbocycles. The summed E-state index contributed by atoms with van der Waals surface area (Å²) in [6.45, 7) is 0. The molecule has 0 saturated heterocycles. The number of aromatic amines is 1. The topological polar surface area (TPSA) is 39.0 Å². The number of ether oxygens (including phenoxy) is 1. The molecule has 1 aromatic carbocycles. The van der Waals surface area contributed by atoms with Crippen molar-refractivity contribution < 1.29 is 9.73 Å². The minimum absolute atomic E-state index is 0.405. The maximum Gasteiger partial charge on any atom is 0.163 e. The third-order valence-electron chi connectivity index (χ3n) is 4.00. The number of fused-ring (bicyclic) bond motifs is 5. The van der Waals surface area contributed by atoms with Crippen LogP contribution in [0.15, 0.2) is 36.6 Å². The molecule has 2 aliphatic rings. The number of benzene rings is 1. The predicted molar refractivity (Wildman–Crippen MR) is 76.3 cm³/mol. The smallest absolute Gasteiger partial charge is 0.163 e. The lowest BCUT2D eigenvalue weighted by atomic mass is 9.80. The van der Waals surface area contributed by atoms with Crippen molar-refractivity contribution in [3.8, 4) is 5.75 Å². The number of hydrogen-bond donors (Lipinski definition) is 2. The molecule has 2 N–H and O–H groups in total. The van der Waals surface area contributed by atoms with Crippen LogP contribution in [0.2, 0.25) is 0 Å². The summed E-state index contributed by atoms with van der Waals surface area (Å²) in [6, 6.07) is 6.20. The molecule has 0 spiro atoms. The summed E-state index contributed by atoms with van der Waals surface area (Å²) < 4.78 is 5.35. The SMILES string of the molecule is COc1ccc2[nH]c3c(c2c1)C1C=C[NH+]=C[C@@H]1C=C3. The summed E-state index contributed by atoms with van der Waals surface area (Å²) in [5.74, 6) is 1.73. The van der Waals surface area contributed by atoms with Crippen LogP contribution in [0.5, 0.6) is 5.75 Å². The van der Waals surface area contributed by atoms with Gasteiger partial charge in [0.15, 0.2) is 12.4 Å². The molecule has 3 nitrogen and oxygen atoms in total. The summed E-state index contributed by atoms with van der Waals surface area (Å²) in [6.07, 6.45) is 10.8. The van der Waals surface area contributed by atoms with Gasteiger partial charge >= 0.3 is 0 Å². The quantitative estimate of drug-likeness (QED) is 0.793. The van der Waals surface area contributed by atoms with Gasteiger partial charge in [0.25, 0.3) is 0 Å². The molecular weight excluding hydrogens is 236 g/mol. The summed E-state index contributed by atoms with van der Waals surface area (Å²) in [5, 5.41) is 1.26. The second-order valence-corrected chi connectivity index (χ2v) is 5.02. The molecule has 0 bridgehead atoms. The highest BCUT2D eigenvalue weighted by Gasteiger charge is 2.30. The average molecular weight is 251 g/mol. The van der Waals surface area contributed by atoms with E-state index in [9.17, 15) is 0 Å². The lowest BCUT2D eigenvalue weighted by Crippen LogP contribution is -2.64. The molecule has 0 radical (unpaired) electrons. The van der Waals surface area contributed by atoms with Crippen LogP contribution in [-0.2, 0) is 0 Å². The van der Waals surface area contributed by atoms with E-state index in [2.05, 4.69) is 46.6 Å². The Morgan fingerprint density at radius 3 is 3.11 bits per heavy atom. The number of hydrogen-bond acceptors (Lipinski definition) is 1. The molecule has 0 fully saturated rings. The van der Waals surface area contributed by atoms with Gasteiger partial charge in [0.1, 0.15) is 5.75 Å². The van der Waals surface area contributed by atoms with E-state index in [0.717, 1.165) is 5.75 Å². The summed E-state index contributed by atoms with van der Waals surface area (Å²) in [5.41, 5.74) is 3.75. The van der Waals surface area contributed by atoms with E-state index in [-0.39, 0.29) is 0 Å². The van der Waals surface area contributed by atoms with Crippen molar-refractivity contribution in [1.29, 1.82) is 0 Å². The molecule has 0 amide bonds. The van der Waals surface area contributed by atoms with Gasteiger partial charge in [-0.2, -0.15) is 0 Å². The first-order chi connectivity index (χ1) is 9.36. The predicted octanol–water partition coefficient (Wildman–Crippen LogP) is 1.58. The zero-order valence-corrected chi connectivity index (χ0v) is 10.7. The minimum Gasteiger partial charge on any atom is -0.497 e. The Labute approximate surface area is 111 Å². The first-order valence-corrected chi connectivity index (χ1v) is 6.51. The van der Waals surface area contributed by atoms with Gasteiger partial charge < -0.3 is 9.72 Å². The van der Waals surface area contributed by atoms with Crippen LogP contribution in [0.3, 0.4) is 0 Å². The van der Waals surface area contributed by atoms with E-state index in [1.807, 2.05) is 12.3 Å². The first-order valence-electron chi connectivity index (χ1n) is 6.51. The van der Waals surface area contributed by atoms with E-state index in [1.54, 1.807) is 7.11 Å². The van der Waals surface area contributed by atoms with E-state index in [4.69, 9.17) is 4.74 Å². The van der Waals surface area contributed by atoms with Crippen molar-refractivity contribution in [2.45, 2.75) is 5.92 Å². The third kappa shape index (κ3) is 1.48. The monoisotopic (exact) mass is 251 g/mol. The molecule has 2 atom stereocenters. The molecule has 1 aliphatic heterocycles. The van der Waals surface area contributed by atoms with Gasteiger partial charge in [-0.05, 0) is 35.9 Å². The van der Waals surface area contributed by atoms with Gasteiger partial charge in [0.05, 0.1) is 13.0 Å². The van der Waals surface area contributed by atoms with Crippen molar-refractivity contribution in [1.82, 2.24) is 4.98 Å². The number of H-pyrrole nitrogens is 1. The second kappa shape index (κ2) is 3.85. The number of allylic oxidation sites excluding steroid dienone is 2. The highest BCUT2D eigenvalue weighted by atomic mass is 16.5. The molecule has 2 aromatic rings. The number of rotatable bonds is 1. The fraction of sp³-hybridized carbons (Fsp3) is 0.188. The Hall–Kier alpha value is -2.29. The Morgan fingerprint density at radius 2 is 2.21 bits per heavy atom. The maximum absolute atomic E-state index is 5.35. The Kier molecular flexibility index (Phi) is 2.15. The van der Waals surface area contributed by atoms with Crippen LogP contribution >= 0.6 is 0 Å². The highest BCUT2D eigenvalue weighted by Crippen LogP contribution is 2.40. The summed E-state index contributed by atoms with van der Waals surface area (Å²) in [4.78, 5) is 6.68. The van der Waals surface area contributed by atoms with Crippen LogP contribution in [0, 0.1) is 5.92 Å². The molecule has 19 heavy (non-hydrogen) atoms. The highest BCUT2D eigenvalue weighted by molar-refractivity contribution is 5.91. The third-order valence-corrected chi connectivity index (χ3v) is 4.00. The van der Waals surface area contributed by atoms with Gasteiger partial charge in [-0.25, -0.2) is 4.99 Å². The molecule has 4 rings (SSSR count). The minimum atomic E-state index is 0.405. The van der Waals surface area contributed by atoms with Crippen molar-refractivity contribution in [3.05, 3.63) is 47.8 Å². The molecule has 94 valence electrons. The van der Waals surface area contributed by atoms with Gasteiger partial charge in [0, 0.05) is 22.5 Å². The molecule has 1 aromatic heterocycles. The Bertz CT molecular complexity index is 737. The Morgan fingerprint density at radius 1 is 1.26 bits per heavy atom. The average Bonchev–Trinajstić information content (AvgIpc) is 2.85. The lowest BCUT2D eigenvalue weighted by Gasteiger charge is -2.22. The van der Waals surface area contributed by atoms with Crippen LogP contribution in [0.25, 0.3) is 17.0 Å². The van der Waals surface area contributed by atoms with E-state index in [1.165, 1.54) is 22.2 Å². The lowest BCUT2D eigenvalue weighted by molar-refractivity contribution is -0.372. The number of methoxy groups -OCH3 is 1. The zero-order valence-electron chi connectivity index (χ0n) is 10.7. The van der Waals surface area contributed by atoms with Crippen molar-refractivity contribution in [2.75, 3.05) is 7.11 Å². The van der Waals surface area contributed by atoms with E-state index in [0.29, 0.717) is 11.8 Å². The molecular formula is C16H15N2O+. The van der Waals surface area contributed by atoms with E-state index >= 15 is 0 Å². The van der Waals surface area contributed by atoms with Gasteiger partial charge in [-0.15, -0.1) is 0 Å². The summed E-state index contributed by atoms with van der Waals surface area (Å²) in [7, 11) is 1.71. The normalized spacial score (nSPS) is 23.4. The van der Waals surface area contributed by atoms with Crippen molar-refractivity contribution >= 4 is 23.2 Å². The fourth-order valence-electron chi connectivity index (χ4n) is 3.06. The van der Waals surface area contributed by atoms with Crippen molar-refractivity contribution in [2.24, 2.45) is 5.92 Å². The van der Waals surface area contributed by atoms with Crippen molar-refractivity contribution in [3.63, 3.8) is 0 Å². The standard InChI is InChI=1S/C16H14N2O/c1-19-11-3-5-14-13(8-11)16-12-6-7-17-9-10(12)2-4-15(16)18-14/h2-10,12,18H,1H3/p+1/t10-,12?/m0/s1. The first kappa shape index (κ1) is 10.6. The fourth-order valence-corrected chi connectivity index (χ4v) is 3.06. The van der Waals surface area contributed by atoms with Crippen LogP contribution in [-0.4, -0.2) is 18.3 Å². The largest absolute Gasteiger partial charge is 0.497 e. The van der Waals surface area contributed by atoms with Crippen LogP contribution in [0.4, 0.5) is 0 Å². The van der Waals surface area contributed by atoms with Gasteiger partial charge in [0.2, 0.25) is 0 Å². The van der Waals surface area contributed by atoms with E-state index < -0.39 is 0 Å². The molecule has 3 heteroatoms. The maximum atomic E-state index is 5.35. The van der Waals surface area contributed by atoms with Crippen LogP contribution in [0.1, 0.15) is 17.2 Å². The molecule has 2 heterocycles. The molecule has 1 unspecified atom stereocenters. The number of nitrogens with one attached hydrogen (secondary N) is 2. The van der Waals surface area contributed by atoms with Crippen LogP contribution < -0.4 is 9.73 Å². The second-order valence-electron chi connectivity index (χ2n) is 5.02. The van der Waals surface area contributed by atoms with Gasteiger partial charge in [-0.1, -0.05) is 6.08 Å². The zero-order chi connectivity index (χ0) is 12.8. The van der Waals surface area contributed by atoms with Gasteiger partial charge in [-0.3, -0.25) is 0 Å². The Balaban J connectivity index is 1.99. The number of aromatic nitrogens is 1. The summed E-state index contributed by atoms with van der Waals surface area (Å²) >= 11 is 0. The molecule has 0 saturated carbocycles.